The lowest BCUT2D eigenvalue weighted by Crippen LogP contribution is -1.94. The summed E-state index contributed by atoms with van der Waals surface area (Å²) in [6.45, 7) is 1.97. The molecule has 66 valence electrons. The number of imidazole rings is 1. The number of benzene rings is 1. The van der Waals surface area contributed by atoms with Crippen molar-refractivity contribution in [1.82, 2.24) is 9.55 Å². The molecule has 2 aromatic rings. The van der Waals surface area contributed by atoms with E-state index >= 15 is 0 Å². The van der Waals surface area contributed by atoms with Gasteiger partial charge >= 0.3 is 0 Å². The van der Waals surface area contributed by atoms with Crippen molar-refractivity contribution in [3.05, 3.63) is 47.5 Å². The molecule has 0 aliphatic rings. The first-order valence-electron chi connectivity index (χ1n) is 4.03. The highest BCUT2D eigenvalue weighted by atomic mass is 35.5. The third-order valence-corrected chi connectivity index (χ3v) is 2.18. The van der Waals surface area contributed by atoms with E-state index in [-0.39, 0.29) is 0 Å². The molecule has 2 nitrogen and oxygen atoms in total. The van der Waals surface area contributed by atoms with Crippen molar-refractivity contribution in [3.8, 4) is 5.69 Å². The molecule has 0 spiro atoms. The fourth-order valence-corrected chi connectivity index (χ4v) is 1.38. The summed E-state index contributed by atoms with van der Waals surface area (Å²) in [5.74, 6) is 0.974. The first kappa shape index (κ1) is 8.32. The van der Waals surface area contributed by atoms with Gasteiger partial charge in [0.2, 0.25) is 0 Å². The Kier molecular flexibility index (Phi) is 2.07. The van der Waals surface area contributed by atoms with E-state index in [1.807, 2.05) is 42.0 Å². The zero-order valence-electron chi connectivity index (χ0n) is 7.24. The maximum Gasteiger partial charge on any atom is 0.110 e. The van der Waals surface area contributed by atoms with Crippen LogP contribution in [0.3, 0.4) is 0 Å². The number of aromatic nitrogens is 2. The lowest BCUT2D eigenvalue weighted by Gasteiger charge is -2.03. The molecule has 0 unspecified atom stereocenters. The van der Waals surface area contributed by atoms with Crippen molar-refractivity contribution in [2.45, 2.75) is 6.92 Å². The van der Waals surface area contributed by atoms with Gasteiger partial charge in [0.05, 0.1) is 0 Å². The number of nitrogens with zero attached hydrogens (tertiary/aromatic N) is 2. The first-order valence-corrected chi connectivity index (χ1v) is 4.41. The lowest BCUT2D eigenvalue weighted by atomic mass is 10.3. The Bertz CT molecular complexity index is 403. The molecular weight excluding hydrogens is 184 g/mol. The standard InChI is InChI=1S/C10H9ClN2/c1-8-12-6-7-13(8)10-4-2-9(11)3-5-10/h2-7H,1H3. The molecule has 0 amide bonds. The molecule has 1 heterocycles. The highest BCUT2D eigenvalue weighted by molar-refractivity contribution is 6.30. The van der Waals surface area contributed by atoms with E-state index in [1.54, 1.807) is 6.20 Å². The molecule has 0 saturated heterocycles. The molecule has 0 N–H and O–H groups in total. The van der Waals surface area contributed by atoms with Crippen LogP contribution in [0.2, 0.25) is 5.02 Å². The van der Waals surface area contributed by atoms with Gasteiger partial charge < -0.3 is 4.57 Å². The van der Waals surface area contributed by atoms with Crippen molar-refractivity contribution in [3.63, 3.8) is 0 Å². The Balaban J connectivity index is 2.47. The fourth-order valence-electron chi connectivity index (χ4n) is 1.25. The molecule has 1 aromatic carbocycles. The normalized spacial score (nSPS) is 10.3. The zero-order chi connectivity index (χ0) is 9.26. The molecule has 0 atom stereocenters. The van der Waals surface area contributed by atoms with Gasteiger partial charge in [-0.25, -0.2) is 4.98 Å². The van der Waals surface area contributed by atoms with Crippen LogP contribution in [0.15, 0.2) is 36.7 Å². The van der Waals surface area contributed by atoms with Crippen LogP contribution in [-0.2, 0) is 0 Å². The van der Waals surface area contributed by atoms with E-state index in [2.05, 4.69) is 4.98 Å². The van der Waals surface area contributed by atoms with Crippen LogP contribution in [0.4, 0.5) is 0 Å². The van der Waals surface area contributed by atoms with Gasteiger partial charge in [0.15, 0.2) is 0 Å². The summed E-state index contributed by atoms with van der Waals surface area (Å²) in [5, 5.41) is 0.751. The predicted molar refractivity (Wildman–Crippen MR) is 53.3 cm³/mol. The van der Waals surface area contributed by atoms with E-state index in [0.717, 1.165) is 16.5 Å². The summed E-state index contributed by atoms with van der Waals surface area (Å²) in [5.41, 5.74) is 1.08. The van der Waals surface area contributed by atoms with E-state index in [0.29, 0.717) is 0 Å². The third kappa shape index (κ3) is 1.58. The minimum Gasteiger partial charge on any atom is -0.304 e. The van der Waals surface area contributed by atoms with Gasteiger partial charge in [-0.15, -0.1) is 0 Å². The van der Waals surface area contributed by atoms with Crippen molar-refractivity contribution >= 4 is 11.6 Å². The highest BCUT2D eigenvalue weighted by Gasteiger charge is 1.98. The van der Waals surface area contributed by atoms with E-state index in [9.17, 15) is 0 Å². The van der Waals surface area contributed by atoms with Crippen molar-refractivity contribution in [1.29, 1.82) is 0 Å². The molecule has 0 radical (unpaired) electrons. The first-order chi connectivity index (χ1) is 6.27. The van der Waals surface area contributed by atoms with Gasteiger partial charge in [0.25, 0.3) is 0 Å². The van der Waals surface area contributed by atoms with Gasteiger partial charge in [0.1, 0.15) is 5.82 Å². The Labute approximate surface area is 81.8 Å². The molecular formula is C10H9ClN2. The number of halogens is 1. The Morgan fingerprint density at radius 2 is 1.92 bits per heavy atom. The molecule has 0 aliphatic heterocycles. The molecule has 2 rings (SSSR count). The maximum atomic E-state index is 5.79. The second-order valence-electron chi connectivity index (χ2n) is 2.82. The summed E-state index contributed by atoms with van der Waals surface area (Å²) < 4.78 is 2.01. The summed E-state index contributed by atoms with van der Waals surface area (Å²) in [7, 11) is 0. The zero-order valence-corrected chi connectivity index (χ0v) is 7.99. The topological polar surface area (TPSA) is 17.8 Å². The molecule has 3 heteroatoms. The van der Waals surface area contributed by atoms with Gasteiger partial charge in [-0.1, -0.05) is 11.6 Å². The lowest BCUT2D eigenvalue weighted by molar-refractivity contribution is 0.975. The van der Waals surface area contributed by atoms with Crippen molar-refractivity contribution in [2.24, 2.45) is 0 Å². The minimum absolute atomic E-state index is 0.751. The van der Waals surface area contributed by atoms with E-state index in [1.165, 1.54) is 0 Å². The number of rotatable bonds is 1. The van der Waals surface area contributed by atoms with E-state index < -0.39 is 0 Å². The van der Waals surface area contributed by atoms with Crippen LogP contribution in [0.5, 0.6) is 0 Å². The molecule has 0 saturated carbocycles. The predicted octanol–water partition coefficient (Wildman–Crippen LogP) is 2.83. The van der Waals surface area contributed by atoms with Crippen molar-refractivity contribution < 1.29 is 0 Å². The van der Waals surface area contributed by atoms with Crippen LogP contribution >= 0.6 is 11.6 Å². The van der Waals surface area contributed by atoms with Crippen LogP contribution in [-0.4, -0.2) is 9.55 Å². The quantitative estimate of drug-likeness (QED) is 0.680. The van der Waals surface area contributed by atoms with Crippen LogP contribution in [0, 0.1) is 6.92 Å². The number of hydrogen-bond acceptors (Lipinski definition) is 1. The van der Waals surface area contributed by atoms with Gasteiger partial charge in [-0.2, -0.15) is 0 Å². The van der Waals surface area contributed by atoms with Gasteiger partial charge in [-0.3, -0.25) is 0 Å². The minimum atomic E-state index is 0.751. The summed E-state index contributed by atoms with van der Waals surface area (Å²) in [6.07, 6.45) is 3.71. The smallest absolute Gasteiger partial charge is 0.110 e. The second kappa shape index (κ2) is 3.23. The molecule has 0 aliphatic carbocycles. The van der Waals surface area contributed by atoms with Gasteiger partial charge in [0, 0.05) is 23.1 Å². The SMILES string of the molecule is Cc1nccn1-c1ccc(Cl)cc1. The molecule has 0 bridgehead atoms. The van der Waals surface area contributed by atoms with Crippen LogP contribution in [0.25, 0.3) is 5.69 Å². The number of hydrogen-bond donors (Lipinski definition) is 0. The summed E-state index contributed by atoms with van der Waals surface area (Å²) in [4.78, 5) is 4.15. The average Bonchev–Trinajstić information content (AvgIpc) is 2.53. The molecule has 1 aromatic heterocycles. The van der Waals surface area contributed by atoms with E-state index in [4.69, 9.17) is 11.6 Å². The summed E-state index contributed by atoms with van der Waals surface area (Å²) >= 11 is 5.79. The third-order valence-electron chi connectivity index (χ3n) is 1.93. The van der Waals surface area contributed by atoms with Crippen LogP contribution in [0.1, 0.15) is 5.82 Å². The Morgan fingerprint density at radius 3 is 2.46 bits per heavy atom. The van der Waals surface area contributed by atoms with Crippen LogP contribution < -0.4 is 0 Å². The summed E-state index contributed by atoms with van der Waals surface area (Å²) in [6, 6.07) is 7.68. The molecule has 13 heavy (non-hydrogen) atoms. The largest absolute Gasteiger partial charge is 0.304 e. The van der Waals surface area contributed by atoms with Crippen molar-refractivity contribution in [2.75, 3.05) is 0 Å². The Morgan fingerprint density at radius 1 is 1.23 bits per heavy atom. The highest BCUT2D eigenvalue weighted by Crippen LogP contribution is 2.14. The Hall–Kier alpha value is -1.28. The number of aryl methyl sites for hydroxylation is 1. The molecule has 0 fully saturated rings. The maximum absolute atomic E-state index is 5.79. The average molecular weight is 193 g/mol. The monoisotopic (exact) mass is 192 g/mol. The fraction of sp³-hybridized carbons (Fsp3) is 0.100. The second-order valence-corrected chi connectivity index (χ2v) is 3.26. The van der Waals surface area contributed by atoms with Gasteiger partial charge in [-0.05, 0) is 31.2 Å².